The van der Waals surface area contributed by atoms with Crippen LogP contribution in [0.2, 0.25) is 0 Å². The molecule has 1 aliphatic heterocycles. The molecule has 2 aromatic carbocycles. The molecule has 0 radical (unpaired) electrons. The highest BCUT2D eigenvalue weighted by molar-refractivity contribution is 7.89. The molecule has 37 heavy (non-hydrogen) atoms. The maximum Gasteiger partial charge on any atom is 0.243 e. The van der Waals surface area contributed by atoms with Crippen molar-refractivity contribution >= 4 is 60.5 Å². The van der Waals surface area contributed by atoms with Crippen molar-refractivity contribution in [2.24, 2.45) is 0 Å². The van der Waals surface area contributed by atoms with Crippen LogP contribution in [0.5, 0.6) is 0 Å². The van der Waals surface area contributed by atoms with Crippen molar-refractivity contribution in [3.63, 3.8) is 0 Å². The number of sulfonamides is 1. The molecule has 3 N–H and O–H groups in total. The van der Waals surface area contributed by atoms with E-state index in [1.165, 1.54) is 4.31 Å². The van der Waals surface area contributed by atoms with Crippen LogP contribution in [0.15, 0.2) is 59.8 Å². The second kappa shape index (κ2) is 10.9. The summed E-state index contributed by atoms with van der Waals surface area (Å²) in [6.45, 7) is 1.67. The van der Waals surface area contributed by atoms with Crippen LogP contribution in [0.1, 0.15) is 24.0 Å². The number of nitrogens with one attached hydrogen (secondary N) is 3. The molecule has 0 amide bonds. The molecule has 2 aromatic heterocycles. The van der Waals surface area contributed by atoms with Crippen molar-refractivity contribution in [2.75, 3.05) is 37.8 Å². The van der Waals surface area contributed by atoms with Gasteiger partial charge in [0, 0.05) is 43.8 Å². The van der Waals surface area contributed by atoms with Gasteiger partial charge in [-0.1, -0.05) is 29.6 Å². The second-order valence-corrected chi connectivity index (χ2v) is 11.8. The monoisotopic (exact) mass is 535 g/mol. The normalized spacial score (nSPS) is 15.0. The molecule has 1 aliphatic rings. The van der Waals surface area contributed by atoms with Gasteiger partial charge in [0.05, 0.1) is 15.1 Å². The number of hydrogen-bond donors (Lipinski definition) is 3. The Labute approximate surface area is 220 Å². The Hall–Kier alpha value is -3.38. The fraction of sp³-hybridized carbons (Fsp3) is 0.269. The third kappa shape index (κ3) is 5.80. The first-order chi connectivity index (χ1) is 17.9. The molecule has 5 rings (SSSR count). The first-order valence-corrected chi connectivity index (χ1v) is 14.3. The summed E-state index contributed by atoms with van der Waals surface area (Å²) in [5.41, 5.74) is 3.63. The van der Waals surface area contributed by atoms with Gasteiger partial charge >= 0.3 is 0 Å². The highest BCUT2D eigenvalue weighted by Crippen LogP contribution is 2.27. The lowest BCUT2D eigenvalue weighted by Crippen LogP contribution is -2.43. The molecule has 0 unspecified atom stereocenters. The van der Waals surface area contributed by atoms with Crippen molar-refractivity contribution in [1.82, 2.24) is 24.6 Å². The van der Waals surface area contributed by atoms with Gasteiger partial charge in [-0.25, -0.2) is 23.4 Å². The third-order valence-corrected chi connectivity index (χ3v) is 9.34. The molecule has 0 atom stereocenters. The van der Waals surface area contributed by atoms with E-state index in [-0.39, 0.29) is 10.9 Å². The van der Waals surface area contributed by atoms with Gasteiger partial charge in [-0.2, -0.15) is 4.31 Å². The largest absolute Gasteiger partial charge is 0.365 e. The minimum Gasteiger partial charge on any atom is -0.365 e. The zero-order valence-electron chi connectivity index (χ0n) is 20.7. The average molecular weight is 536 g/mol. The molecule has 0 bridgehead atoms. The molecule has 192 valence electrons. The number of anilines is 3. The minimum atomic E-state index is -3.54. The van der Waals surface area contributed by atoms with E-state index >= 15 is 0 Å². The maximum absolute atomic E-state index is 13.0. The Morgan fingerprint density at radius 3 is 2.43 bits per heavy atom. The van der Waals surface area contributed by atoms with E-state index in [0.717, 1.165) is 52.4 Å². The lowest BCUT2D eigenvalue weighted by Gasteiger charge is -2.30. The van der Waals surface area contributed by atoms with Crippen LogP contribution >= 0.6 is 11.3 Å². The van der Waals surface area contributed by atoms with Crippen molar-refractivity contribution in [3.05, 3.63) is 66.0 Å². The summed E-state index contributed by atoms with van der Waals surface area (Å²) in [4.78, 5) is 13.6. The first kappa shape index (κ1) is 25.3. The van der Waals surface area contributed by atoms with E-state index in [9.17, 15) is 8.42 Å². The van der Waals surface area contributed by atoms with E-state index < -0.39 is 10.0 Å². The molecule has 3 heterocycles. The molecule has 0 aliphatic carbocycles. The van der Waals surface area contributed by atoms with Crippen LogP contribution in [0.4, 0.5) is 16.8 Å². The highest BCUT2D eigenvalue weighted by atomic mass is 32.2. The van der Waals surface area contributed by atoms with Crippen molar-refractivity contribution in [1.29, 1.82) is 0 Å². The van der Waals surface area contributed by atoms with Gasteiger partial charge in [0.25, 0.3) is 0 Å². The fourth-order valence-corrected chi connectivity index (χ4v) is 6.49. The number of fused-ring (bicyclic) bond motifs is 1. The van der Waals surface area contributed by atoms with Crippen molar-refractivity contribution in [2.45, 2.75) is 23.8 Å². The molecular formula is C26H29N7O2S2. The summed E-state index contributed by atoms with van der Waals surface area (Å²) in [7, 11) is -0.00989. The van der Waals surface area contributed by atoms with Gasteiger partial charge in [0.1, 0.15) is 0 Å². The number of rotatable bonds is 8. The smallest absolute Gasteiger partial charge is 0.243 e. The van der Waals surface area contributed by atoms with Crippen molar-refractivity contribution < 1.29 is 8.42 Å². The highest BCUT2D eigenvalue weighted by Gasteiger charge is 2.28. The van der Waals surface area contributed by atoms with Crippen LogP contribution in [0.3, 0.4) is 0 Å². The van der Waals surface area contributed by atoms with E-state index in [4.69, 9.17) is 0 Å². The molecule has 1 fully saturated rings. The van der Waals surface area contributed by atoms with Gasteiger partial charge in [-0.3, -0.25) is 0 Å². The molecule has 4 aromatic rings. The number of thiazole rings is 1. The zero-order valence-corrected chi connectivity index (χ0v) is 22.3. The summed E-state index contributed by atoms with van der Waals surface area (Å²) in [5, 5.41) is 10.4. The van der Waals surface area contributed by atoms with Crippen LogP contribution in [0, 0.1) is 0 Å². The number of benzene rings is 2. The van der Waals surface area contributed by atoms with E-state index in [2.05, 4.69) is 37.0 Å². The number of nitrogens with zero attached hydrogens (tertiary/aromatic N) is 4. The number of aromatic nitrogens is 3. The van der Waals surface area contributed by atoms with Gasteiger partial charge in [0.2, 0.25) is 16.0 Å². The predicted molar refractivity (Wildman–Crippen MR) is 151 cm³/mol. The first-order valence-electron chi connectivity index (χ1n) is 12.1. The summed E-state index contributed by atoms with van der Waals surface area (Å²) < 4.78 is 28.7. The molecule has 1 saturated heterocycles. The van der Waals surface area contributed by atoms with E-state index in [0.29, 0.717) is 11.6 Å². The Bertz CT molecular complexity index is 1490. The number of hydrogen-bond acceptors (Lipinski definition) is 9. The van der Waals surface area contributed by atoms with Gasteiger partial charge < -0.3 is 16.0 Å². The fourth-order valence-electron chi connectivity index (χ4n) is 4.21. The predicted octanol–water partition coefficient (Wildman–Crippen LogP) is 4.41. The molecular weight excluding hydrogens is 506 g/mol. The summed E-state index contributed by atoms with van der Waals surface area (Å²) >= 11 is 1.62. The van der Waals surface area contributed by atoms with Crippen LogP contribution in [-0.2, 0) is 10.0 Å². The lowest BCUT2D eigenvalue weighted by atomic mass is 10.1. The Morgan fingerprint density at radius 2 is 1.73 bits per heavy atom. The molecule has 0 saturated carbocycles. The van der Waals surface area contributed by atoms with Crippen molar-refractivity contribution in [3.8, 4) is 0 Å². The van der Waals surface area contributed by atoms with Crippen LogP contribution in [0.25, 0.3) is 22.4 Å². The lowest BCUT2D eigenvalue weighted by molar-refractivity contribution is 0.296. The molecule has 0 spiro atoms. The summed E-state index contributed by atoms with van der Waals surface area (Å²) in [6.07, 6.45) is 9.09. The summed E-state index contributed by atoms with van der Waals surface area (Å²) in [6, 6.07) is 12.9. The van der Waals surface area contributed by atoms with Gasteiger partial charge in [-0.05, 0) is 67.9 Å². The second-order valence-electron chi connectivity index (χ2n) is 8.82. The van der Waals surface area contributed by atoms with Crippen LogP contribution in [-0.4, -0.2) is 60.9 Å². The van der Waals surface area contributed by atoms with Gasteiger partial charge in [0.15, 0.2) is 5.13 Å². The SMILES string of the molecule is CNc1nc2ccc(/C=C/c3cnc(Nc4ccc(S(=O)(=O)N(C)C5CCNCC5)cc4)nc3)cc2s1. The Kier molecular flexibility index (Phi) is 7.47. The third-order valence-electron chi connectivity index (χ3n) is 6.38. The van der Waals surface area contributed by atoms with Crippen LogP contribution < -0.4 is 16.0 Å². The molecule has 9 nitrogen and oxygen atoms in total. The minimum absolute atomic E-state index is 0.0202. The standard InChI is InChI=1S/C26H29N7O2S2/c1-27-26-32-23-10-5-18(15-24(23)36-26)3-4-19-16-29-25(30-17-19)31-20-6-8-22(9-7-20)37(34,35)33(2)21-11-13-28-14-12-21/h3-10,15-17,21,28H,11-14H2,1-2H3,(H,27,32)(H,29,30,31)/b4-3+. The zero-order chi connectivity index (χ0) is 25.8. The quantitative estimate of drug-likeness (QED) is 0.304. The topological polar surface area (TPSA) is 112 Å². The van der Waals surface area contributed by atoms with E-state index in [1.54, 1.807) is 55.0 Å². The Morgan fingerprint density at radius 1 is 1.03 bits per heavy atom. The summed E-state index contributed by atoms with van der Waals surface area (Å²) in [5.74, 6) is 0.435. The maximum atomic E-state index is 13.0. The number of piperidine rings is 1. The van der Waals surface area contributed by atoms with E-state index in [1.807, 2.05) is 31.3 Å². The van der Waals surface area contributed by atoms with Gasteiger partial charge in [-0.15, -0.1) is 0 Å². The average Bonchev–Trinajstić information content (AvgIpc) is 3.36. The Balaban J connectivity index is 1.22. The molecule has 11 heteroatoms.